The molecule has 0 spiro atoms. The van der Waals surface area contributed by atoms with Crippen LogP contribution in [-0.2, 0) is 4.79 Å². The fraction of sp³-hybridized carbons (Fsp3) is 0.176. The average molecular weight is 408 g/mol. The van der Waals surface area contributed by atoms with E-state index in [1.165, 1.54) is 16.8 Å². The number of carbonyl (C=O) groups is 1. The second-order valence-electron chi connectivity index (χ2n) is 5.44. The fourth-order valence-electron chi connectivity index (χ4n) is 2.17. The summed E-state index contributed by atoms with van der Waals surface area (Å²) in [5.41, 5.74) is 0.784. The first-order valence-electron chi connectivity index (χ1n) is 7.83. The molecule has 10 heteroatoms. The van der Waals surface area contributed by atoms with Crippen molar-refractivity contribution in [2.75, 3.05) is 12.4 Å². The number of anilines is 1. The monoisotopic (exact) mass is 407 g/mol. The number of hydrogen-bond acceptors (Lipinski definition) is 6. The Labute approximate surface area is 163 Å². The lowest BCUT2D eigenvalue weighted by Crippen LogP contribution is -2.23. The summed E-state index contributed by atoms with van der Waals surface area (Å²) in [5.74, 6) is -0.277. The molecule has 1 atom stereocenters. The van der Waals surface area contributed by atoms with Gasteiger partial charge in [0.15, 0.2) is 0 Å². The summed E-state index contributed by atoms with van der Waals surface area (Å²) < 4.78 is 20.5. The number of ether oxygens (including phenoxy) is 1. The number of benzene rings is 2. The third-order valence-corrected chi connectivity index (χ3v) is 4.87. The molecule has 1 N–H and O–H groups in total. The number of amides is 1. The molecule has 0 aliphatic carbocycles. The van der Waals surface area contributed by atoms with Gasteiger partial charge in [-0.3, -0.25) is 4.79 Å². The van der Waals surface area contributed by atoms with Crippen molar-refractivity contribution in [1.82, 2.24) is 20.2 Å². The highest BCUT2D eigenvalue weighted by Crippen LogP contribution is 2.25. The minimum Gasteiger partial charge on any atom is -0.497 e. The number of rotatable bonds is 6. The van der Waals surface area contributed by atoms with Crippen LogP contribution in [0.2, 0.25) is 5.02 Å². The van der Waals surface area contributed by atoms with Crippen molar-refractivity contribution in [2.45, 2.75) is 17.3 Å². The van der Waals surface area contributed by atoms with Gasteiger partial charge in [0.25, 0.3) is 0 Å². The fourth-order valence-corrected chi connectivity index (χ4v) is 3.14. The highest BCUT2D eigenvalue weighted by Gasteiger charge is 2.20. The zero-order valence-electron chi connectivity index (χ0n) is 14.4. The molecule has 0 radical (unpaired) electrons. The van der Waals surface area contributed by atoms with Crippen LogP contribution in [0.1, 0.15) is 6.92 Å². The minimum atomic E-state index is -0.601. The van der Waals surface area contributed by atoms with E-state index in [0.717, 1.165) is 23.5 Å². The molecule has 0 saturated heterocycles. The predicted molar refractivity (Wildman–Crippen MR) is 101 cm³/mol. The summed E-state index contributed by atoms with van der Waals surface area (Å²) in [6.07, 6.45) is 0. The Morgan fingerprint density at radius 1 is 1.30 bits per heavy atom. The zero-order chi connectivity index (χ0) is 19.4. The van der Waals surface area contributed by atoms with Crippen LogP contribution >= 0.6 is 23.4 Å². The summed E-state index contributed by atoms with van der Waals surface area (Å²) >= 11 is 6.87. The summed E-state index contributed by atoms with van der Waals surface area (Å²) in [6, 6.07) is 11.2. The summed E-state index contributed by atoms with van der Waals surface area (Å²) in [5, 5.41) is 14.2. The van der Waals surface area contributed by atoms with Crippen molar-refractivity contribution in [2.24, 2.45) is 0 Å². The molecule has 0 aliphatic rings. The van der Waals surface area contributed by atoms with E-state index < -0.39 is 11.1 Å². The summed E-state index contributed by atoms with van der Waals surface area (Å²) in [7, 11) is 1.58. The first kappa shape index (κ1) is 19.1. The highest BCUT2D eigenvalue weighted by molar-refractivity contribution is 8.00. The lowest BCUT2D eigenvalue weighted by Gasteiger charge is -2.12. The molecule has 140 valence electrons. The number of carbonyl (C=O) groups excluding carboxylic acids is 1. The Morgan fingerprint density at radius 2 is 2.04 bits per heavy atom. The van der Waals surface area contributed by atoms with E-state index in [9.17, 15) is 9.18 Å². The number of thioether (sulfide) groups is 1. The number of tetrazole rings is 1. The van der Waals surface area contributed by atoms with Crippen LogP contribution in [0.4, 0.5) is 10.1 Å². The summed E-state index contributed by atoms with van der Waals surface area (Å²) in [4.78, 5) is 12.4. The molecule has 0 fully saturated rings. The molecule has 1 amide bonds. The molecule has 3 aromatic rings. The van der Waals surface area contributed by atoms with Crippen LogP contribution in [0.5, 0.6) is 5.75 Å². The lowest BCUT2D eigenvalue weighted by atomic mass is 10.3. The van der Waals surface area contributed by atoms with Gasteiger partial charge < -0.3 is 10.1 Å². The Balaban J connectivity index is 1.71. The van der Waals surface area contributed by atoms with Gasteiger partial charge in [-0.25, -0.2) is 4.39 Å². The maximum Gasteiger partial charge on any atom is 0.237 e. The SMILES string of the molecule is COc1ccc(-n2nnnc2SC(C)C(=O)Nc2ccc(Cl)cc2F)cc1. The molecule has 1 aromatic heterocycles. The van der Waals surface area contributed by atoms with E-state index in [1.807, 2.05) is 0 Å². The maximum atomic E-state index is 13.8. The number of nitrogens with zero attached hydrogens (tertiary/aromatic N) is 4. The highest BCUT2D eigenvalue weighted by atomic mass is 35.5. The molecule has 3 rings (SSSR count). The van der Waals surface area contributed by atoms with Gasteiger partial charge in [0.1, 0.15) is 11.6 Å². The van der Waals surface area contributed by atoms with Crippen LogP contribution in [-0.4, -0.2) is 38.5 Å². The van der Waals surface area contributed by atoms with E-state index >= 15 is 0 Å². The molecular weight excluding hydrogens is 393 g/mol. The molecular formula is C17H15ClFN5O2S. The topological polar surface area (TPSA) is 81.9 Å². The lowest BCUT2D eigenvalue weighted by molar-refractivity contribution is -0.115. The van der Waals surface area contributed by atoms with Crippen LogP contribution in [0.15, 0.2) is 47.6 Å². The second kappa shape index (κ2) is 8.36. The smallest absolute Gasteiger partial charge is 0.237 e. The minimum absolute atomic E-state index is 0.0617. The number of hydrogen-bond donors (Lipinski definition) is 1. The van der Waals surface area contributed by atoms with Gasteiger partial charge in [-0.15, -0.1) is 5.10 Å². The Morgan fingerprint density at radius 3 is 2.70 bits per heavy atom. The zero-order valence-corrected chi connectivity index (χ0v) is 16.0. The number of methoxy groups -OCH3 is 1. The van der Waals surface area contributed by atoms with Crippen molar-refractivity contribution >= 4 is 35.0 Å². The van der Waals surface area contributed by atoms with Crippen LogP contribution in [0.3, 0.4) is 0 Å². The van der Waals surface area contributed by atoms with E-state index in [0.29, 0.717) is 10.9 Å². The average Bonchev–Trinajstić information content (AvgIpc) is 3.12. The van der Waals surface area contributed by atoms with Crippen molar-refractivity contribution in [3.8, 4) is 11.4 Å². The van der Waals surface area contributed by atoms with Crippen molar-refractivity contribution < 1.29 is 13.9 Å². The van der Waals surface area contributed by atoms with E-state index in [1.54, 1.807) is 38.3 Å². The normalized spacial score (nSPS) is 11.9. The van der Waals surface area contributed by atoms with Gasteiger partial charge in [0.2, 0.25) is 11.1 Å². The second-order valence-corrected chi connectivity index (χ2v) is 7.19. The quantitative estimate of drug-likeness (QED) is 0.629. The van der Waals surface area contributed by atoms with E-state index in [2.05, 4.69) is 20.8 Å². The van der Waals surface area contributed by atoms with Crippen LogP contribution in [0.25, 0.3) is 5.69 Å². The molecule has 1 unspecified atom stereocenters. The van der Waals surface area contributed by atoms with E-state index in [-0.39, 0.29) is 16.6 Å². The molecule has 0 bridgehead atoms. The Bertz CT molecular complexity index is 951. The van der Waals surface area contributed by atoms with Gasteiger partial charge in [0.05, 0.1) is 23.7 Å². The first-order valence-corrected chi connectivity index (χ1v) is 9.09. The standard InChI is InChI=1S/C17H15ClFN5O2S/c1-10(16(25)20-15-8-3-11(18)9-14(15)19)27-17-21-22-23-24(17)12-4-6-13(26-2)7-5-12/h3-10H,1-2H3,(H,20,25). The van der Waals surface area contributed by atoms with Crippen molar-refractivity contribution in [3.63, 3.8) is 0 Å². The third-order valence-electron chi connectivity index (χ3n) is 3.60. The van der Waals surface area contributed by atoms with Gasteiger partial charge >= 0.3 is 0 Å². The van der Waals surface area contributed by atoms with E-state index in [4.69, 9.17) is 16.3 Å². The van der Waals surface area contributed by atoms with Gasteiger partial charge in [-0.1, -0.05) is 23.4 Å². The van der Waals surface area contributed by atoms with Gasteiger partial charge in [-0.05, 0) is 59.8 Å². The summed E-state index contributed by atoms with van der Waals surface area (Å²) in [6.45, 7) is 1.68. The molecule has 1 heterocycles. The van der Waals surface area contributed by atoms with Crippen LogP contribution < -0.4 is 10.1 Å². The predicted octanol–water partition coefficient (Wildman–Crippen LogP) is 3.58. The van der Waals surface area contributed by atoms with Crippen molar-refractivity contribution in [1.29, 1.82) is 0 Å². The molecule has 7 nitrogen and oxygen atoms in total. The Kier molecular flexibility index (Phi) is 5.92. The molecule has 0 aliphatic heterocycles. The van der Waals surface area contributed by atoms with Gasteiger partial charge in [-0.2, -0.15) is 4.68 Å². The number of halogens is 2. The number of nitrogens with one attached hydrogen (secondary N) is 1. The molecule has 0 saturated carbocycles. The Hall–Kier alpha value is -2.65. The van der Waals surface area contributed by atoms with Crippen LogP contribution in [0, 0.1) is 5.82 Å². The third kappa shape index (κ3) is 4.55. The van der Waals surface area contributed by atoms with Gasteiger partial charge in [0, 0.05) is 5.02 Å². The molecule has 2 aromatic carbocycles. The van der Waals surface area contributed by atoms with Crippen molar-refractivity contribution in [3.05, 3.63) is 53.3 Å². The number of aromatic nitrogens is 4. The molecule has 27 heavy (non-hydrogen) atoms. The maximum absolute atomic E-state index is 13.8. The first-order chi connectivity index (χ1) is 13.0. The largest absolute Gasteiger partial charge is 0.497 e.